The molecule has 2 unspecified atom stereocenters. The van der Waals surface area contributed by atoms with E-state index in [2.05, 4.69) is 10.1 Å². The molecule has 0 aliphatic carbocycles. The Bertz CT molecular complexity index is 956. The Hall–Kier alpha value is -1.77. The zero-order valence-corrected chi connectivity index (χ0v) is 18.0. The van der Waals surface area contributed by atoms with Crippen LogP contribution in [0.3, 0.4) is 0 Å². The van der Waals surface area contributed by atoms with Crippen molar-refractivity contribution in [2.24, 2.45) is 0 Å². The molecule has 0 radical (unpaired) electrons. The Labute approximate surface area is 183 Å². The van der Waals surface area contributed by atoms with Crippen molar-refractivity contribution in [1.29, 1.82) is 0 Å². The second-order valence-corrected chi connectivity index (χ2v) is 8.44. The van der Waals surface area contributed by atoms with Crippen molar-refractivity contribution in [2.75, 3.05) is 19.5 Å². The van der Waals surface area contributed by atoms with Gasteiger partial charge in [-0.2, -0.15) is 5.10 Å². The highest BCUT2D eigenvalue weighted by Crippen LogP contribution is 2.41. The number of methoxy groups -OCH3 is 1. The predicted octanol–water partition coefficient (Wildman–Crippen LogP) is 4.65. The second-order valence-electron chi connectivity index (χ2n) is 6.51. The average Bonchev–Trinajstić information content (AvgIpc) is 3.37. The average molecular weight is 452 g/mol. The van der Waals surface area contributed by atoms with Crippen LogP contribution in [0.4, 0.5) is 0 Å². The third kappa shape index (κ3) is 4.70. The zero-order valence-electron chi connectivity index (χ0n) is 15.6. The lowest BCUT2D eigenvalue weighted by Gasteiger charge is -2.29. The molecule has 9 heteroatoms. The molecule has 2 aromatic carbocycles. The van der Waals surface area contributed by atoms with Crippen LogP contribution in [0.25, 0.3) is 0 Å². The number of thioether (sulfide) groups is 1. The van der Waals surface area contributed by atoms with Gasteiger partial charge in [-0.05, 0) is 36.4 Å². The van der Waals surface area contributed by atoms with Gasteiger partial charge in [-0.25, -0.2) is 9.67 Å². The Balaban J connectivity index is 1.51. The minimum atomic E-state index is -1.06. The SMILES string of the molecule is COc1ccc(SCC2COC(Cn3cncn3)(c3ccc(Cl)cc3Cl)O2)cc1. The summed E-state index contributed by atoms with van der Waals surface area (Å²) in [5.74, 6) is 0.510. The molecule has 4 rings (SSSR count). The first-order valence-electron chi connectivity index (χ1n) is 8.94. The molecule has 152 valence electrons. The highest BCUT2D eigenvalue weighted by atomic mass is 35.5. The molecule has 3 aromatic rings. The molecule has 1 aliphatic heterocycles. The molecule has 6 nitrogen and oxygen atoms in total. The fourth-order valence-electron chi connectivity index (χ4n) is 3.14. The van der Waals surface area contributed by atoms with E-state index in [-0.39, 0.29) is 6.10 Å². The molecule has 1 aliphatic rings. The van der Waals surface area contributed by atoms with E-state index in [1.165, 1.54) is 6.33 Å². The first kappa shape index (κ1) is 20.5. The van der Waals surface area contributed by atoms with Crippen LogP contribution in [0.5, 0.6) is 5.75 Å². The van der Waals surface area contributed by atoms with E-state index in [1.54, 1.807) is 42.0 Å². The van der Waals surface area contributed by atoms with Gasteiger partial charge in [-0.3, -0.25) is 0 Å². The van der Waals surface area contributed by atoms with E-state index < -0.39 is 5.79 Å². The molecule has 0 amide bonds. The Morgan fingerprint density at radius 3 is 2.76 bits per heavy atom. The Kier molecular flexibility index (Phi) is 6.32. The maximum absolute atomic E-state index is 6.48. The molecule has 2 heterocycles. The van der Waals surface area contributed by atoms with Crippen molar-refractivity contribution < 1.29 is 14.2 Å². The van der Waals surface area contributed by atoms with Gasteiger partial charge in [-0.1, -0.05) is 29.3 Å². The number of rotatable bonds is 7. The summed E-state index contributed by atoms with van der Waals surface area (Å²) in [6.45, 7) is 0.773. The summed E-state index contributed by atoms with van der Waals surface area (Å²) in [5, 5.41) is 5.23. The van der Waals surface area contributed by atoms with Crippen LogP contribution >= 0.6 is 35.0 Å². The van der Waals surface area contributed by atoms with Crippen LogP contribution in [-0.4, -0.2) is 40.3 Å². The lowest BCUT2D eigenvalue weighted by Crippen LogP contribution is -2.34. The highest BCUT2D eigenvalue weighted by Gasteiger charge is 2.45. The van der Waals surface area contributed by atoms with Gasteiger partial charge >= 0.3 is 0 Å². The number of nitrogens with zero attached hydrogens (tertiary/aromatic N) is 3. The van der Waals surface area contributed by atoms with Gasteiger partial charge in [0, 0.05) is 21.2 Å². The fraction of sp³-hybridized carbons (Fsp3) is 0.300. The van der Waals surface area contributed by atoms with Crippen molar-refractivity contribution in [2.45, 2.75) is 23.3 Å². The van der Waals surface area contributed by atoms with Crippen LogP contribution in [0.15, 0.2) is 60.0 Å². The third-order valence-electron chi connectivity index (χ3n) is 4.53. The van der Waals surface area contributed by atoms with Crippen molar-refractivity contribution in [3.63, 3.8) is 0 Å². The van der Waals surface area contributed by atoms with E-state index in [1.807, 2.05) is 30.3 Å². The molecule has 0 saturated carbocycles. The smallest absolute Gasteiger partial charge is 0.217 e. The van der Waals surface area contributed by atoms with Crippen molar-refractivity contribution in [1.82, 2.24) is 14.8 Å². The van der Waals surface area contributed by atoms with Crippen LogP contribution in [0.1, 0.15) is 5.56 Å². The minimum absolute atomic E-state index is 0.114. The van der Waals surface area contributed by atoms with Gasteiger partial charge < -0.3 is 14.2 Å². The quantitative estimate of drug-likeness (QED) is 0.487. The summed E-state index contributed by atoms with van der Waals surface area (Å²) in [5.41, 5.74) is 0.719. The fourth-order valence-corrected chi connectivity index (χ4v) is 4.57. The summed E-state index contributed by atoms with van der Waals surface area (Å²) >= 11 is 14.3. The summed E-state index contributed by atoms with van der Waals surface area (Å²) in [6, 6.07) is 13.2. The molecule has 0 N–H and O–H groups in total. The van der Waals surface area contributed by atoms with Gasteiger partial charge in [-0.15, -0.1) is 11.8 Å². The third-order valence-corrected chi connectivity index (χ3v) is 6.22. The van der Waals surface area contributed by atoms with Crippen LogP contribution in [-0.2, 0) is 21.8 Å². The van der Waals surface area contributed by atoms with Crippen molar-refractivity contribution in [3.05, 3.63) is 70.7 Å². The molecule has 1 saturated heterocycles. The van der Waals surface area contributed by atoms with E-state index >= 15 is 0 Å². The van der Waals surface area contributed by atoms with Crippen molar-refractivity contribution in [3.8, 4) is 5.75 Å². The topological polar surface area (TPSA) is 58.4 Å². The maximum Gasteiger partial charge on any atom is 0.217 e. The Morgan fingerprint density at radius 2 is 2.07 bits per heavy atom. The Morgan fingerprint density at radius 1 is 1.24 bits per heavy atom. The maximum atomic E-state index is 6.48. The van der Waals surface area contributed by atoms with Crippen molar-refractivity contribution >= 4 is 35.0 Å². The van der Waals surface area contributed by atoms with Gasteiger partial charge in [0.05, 0.1) is 24.8 Å². The van der Waals surface area contributed by atoms with Crippen LogP contribution < -0.4 is 4.74 Å². The number of benzene rings is 2. The summed E-state index contributed by atoms with van der Waals surface area (Å²) < 4.78 is 19.5. The minimum Gasteiger partial charge on any atom is -0.497 e. The number of ether oxygens (including phenoxy) is 3. The first-order valence-corrected chi connectivity index (χ1v) is 10.7. The van der Waals surface area contributed by atoms with Gasteiger partial charge in [0.2, 0.25) is 5.79 Å². The summed E-state index contributed by atoms with van der Waals surface area (Å²) in [7, 11) is 1.66. The largest absolute Gasteiger partial charge is 0.497 e. The normalized spacial score (nSPS) is 21.4. The molecule has 1 fully saturated rings. The van der Waals surface area contributed by atoms with Crippen LogP contribution in [0.2, 0.25) is 10.0 Å². The first-order chi connectivity index (χ1) is 14.1. The van der Waals surface area contributed by atoms with Gasteiger partial charge in [0.1, 0.15) is 24.9 Å². The number of aromatic nitrogens is 3. The predicted molar refractivity (Wildman–Crippen MR) is 113 cm³/mol. The second kappa shape index (κ2) is 8.93. The molecule has 0 spiro atoms. The summed E-state index contributed by atoms with van der Waals surface area (Å²) in [4.78, 5) is 5.14. The van der Waals surface area contributed by atoms with Gasteiger partial charge in [0.15, 0.2) is 0 Å². The molecule has 2 atom stereocenters. The molecule has 1 aromatic heterocycles. The monoisotopic (exact) mass is 451 g/mol. The van der Waals surface area contributed by atoms with Crippen LogP contribution in [0, 0.1) is 0 Å². The highest BCUT2D eigenvalue weighted by molar-refractivity contribution is 7.99. The van der Waals surface area contributed by atoms with E-state index in [4.69, 9.17) is 37.4 Å². The number of hydrogen-bond donors (Lipinski definition) is 0. The number of hydrogen-bond acceptors (Lipinski definition) is 6. The standard InChI is InChI=1S/C20H19Cl2N3O3S/c1-26-15-3-5-17(6-4-15)29-10-16-9-27-20(28-16,11-25-13-23-12-24-25)18-7-2-14(21)8-19(18)22/h2-8,12-13,16H,9-11H2,1H3. The molecular formula is C20H19Cl2N3O3S. The molecule has 29 heavy (non-hydrogen) atoms. The van der Waals surface area contributed by atoms with Gasteiger partial charge in [0.25, 0.3) is 0 Å². The molecule has 0 bridgehead atoms. The van der Waals surface area contributed by atoms with E-state index in [0.717, 1.165) is 22.0 Å². The van der Waals surface area contributed by atoms with E-state index in [0.29, 0.717) is 23.2 Å². The van der Waals surface area contributed by atoms with E-state index in [9.17, 15) is 0 Å². The molecular weight excluding hydrogens is 433 g/mol. The lowest BCUT2D eigenvalue weighted by molar-refractivity contribution is -0.186. The lowest BCUT2D eigenvalue weighted by atomic mass is 10.1. The summed E-state index contributed by atoms with van der Waals surface area (Å²) in [6.07, 6.45) is 2.98. The zero-order chi connectivity index (χ0) is 20.3. The number of halogens is 2.